The van der Waals surface area contributed by atoms with Gasteiger partial charge in [0.05, 0.1) is 19.8 Å². The lowest BCUT2D eigenvalue weighted by Gasteiger charge is -2.28. The number of nitrogens with two attached hydrogens (primary N) is 1. The number of carbonyl (C=O) groups is 1. The highest BCUT2D eigenvalue weighted by molar-refractivity contribution is 5.97. The van der Waals surface area contributed by atoms with E-state index in [1.165, 1.54) is 7.11 Å². The van der Waals surface area contributed by atoms with Crippen LogP contribution in [0.2, 0.25) is 0 Å². The number of benzene rings is 1. The lowest BCUT2D eigenvalue weighted by atomic mass is 9.98. The Morgan fingerprint density at radius 3 is 2.53 bits per heavy atom. The smallest absolute Gasteiger partial charge is 0.255 e. The number of carbonyl (C=O) groups excluding carboxylic acids is 1. The number of methoxy groups -OCH3 is 2. The van der Waals surface area contributed by atoms with E-state index in [0.29, 0.717) is 23.6 Å². The third-order valence-electron chi connectivity index (χ3n) is 3.30. The SMILES string of the molecule is CCC(C)(CN)NC(=O)c1cc(OC)ccc1OC. The fourth-order valence-electron chi connectivity index (χ4n) is 1.62. The molecule has 5 heteroatoms. The van der Waals surface area contributed by atoms with Crippen LogP contribution >= 0.6 is 0 Å². The Morgan fingerprint density at radius 1 is 1.37 bits per heavy atom. The summed E-state index contributed by atoms with van der Waals surface area (Å²) >= 11 is 0. The van der Waals surface area contributed by atoms with Gasteiger partial charge >= 0.3 is 0 Å². The van der Waals surface area contributed by atoms with Crippen molar-refractivity contribution in [2.75, 3.05) is 20.8 Å². The summed E-state index contributed by atoms with van der Waals surface area (Å²) in [6, 6.07) is 5.11. The van der Waals surface area contributed by atoms with Crippen molar-refractivity contribution in [1.29, 1.82) is 0 Å². The largest absolute Gasteiger partial charge is 0.497 e. The molecule has 3 N–H and O–H groups in total. The maximum absolute atomic E-state index is 12.3. The van der Waals surface area contributed by atoms with Crippen LogP contribution in [0.25, 0.3) is 0 Å². The zero-order valence-electron chi connectivity index (χ0n) is 11.9. The van der Waals surface area contributed by atoms with Crippen molar-refractivity contribution in [1.82, 2.24) is 5.32 Å². The molecule has 0 saturated heterocycles. The molecule has 0 radical (unpaired) electrons. The van der Waals surface area contributed by atoms with Gasteiger partial charge in [0.15, 0.2) is 0 Å². The van der Waals surface area contributed by atoms with E-state index in [1.54, 1.807) is 25.3 Å². The summed E-state index contributed by atoms with van der Waals surface area (Å²) in [4.78, 5) is 12.3. The van der Waals surface area contributed by atoms with Crippen LogP contribution in [0, 0.1) is 0 Å². The van der Waals surface area contributed by atoms with Gasteiger partial charge < -0.3 is 20.5 Å². The van der Waals surface area contributed by atoms with E-state index in [4.69, 9.17) is 15.2 Å². The number of rotatable bonds is 6. The predicted molar refractivity (Wildman–Crippen MR) is 74.8 cm³/mol. The van der Waals surface area contributed by atoms with E-state index in [9.17, 15) is 4.79 Å². The molecule has 19 heavy (non-hydrogen) atoms. The standard InChI is InChI=1S/C14H22N2O3/c1-5-14(2,9-15)16-13(17)11-8-10(18-3)6-7-12(11)19-4/h6-8H,5,9,15H2,1-4H3,(H,16,17). The van der Waals surface area contributed by atoms with Gasteiger partial charge in [0.1, 0.15) is 11.5 Å². The third-order valence-corrected chi connectivity index (χ3v) is 3.30. The molecule has 1 amide bonds. The van der Waals surface area contributed by atoms with E-state index in [-0.39, 0.29) is 5.91 Å². The Balaban J connectivity index is 3.04. The molecule has 5 nitrogen and oxygen atoms in total. The first-order valence-corrected chi connectivity index (χ1v) is 6.24. The van der Waals surface area contributed by atoms with Crippen LogP contribution in [-0.4, -0.2) is 32.2 Å². The molecule has 0 aromatic heterocycles. The van der Waals surface area contributed by atoms with Gasteiger partial charge in [-0.2, -0.15) is 0 Å². The van der Waals surface area contributed by atoms with Crippen LogP contribution in [0.3, 0.4) is 0 Å². The zero-order chi connectivity index (χ0) is 14.5. The number of nitrogens with one attached hydrogen (secondary N) is 1. The molecule has 0 aliphatic heterocycles. The molecule has 0 aliphatic carbocycles. The second kappa shape index (κ2) is 6.43. The molecule has 0 aliphatic rings. The number of hydrogen-bond donors (Lipinski definition) is 2. The van der Waals surface area contributed by atoms with Crippen molar-refractivity contribution >= 4 is 5.91 Å². The second-order valence-corrected chi connectivity index (χ2v) is 4.64. The fourth-order valence-corrected chi connectivity index (χ4v) is 1.62. The third kappa shape index (κ3) is 3.61. The molecule has 106 valence electrons. The highest BCUT2D eigenvalue weighted by atomic mass is 16.5. The van der Waals surface area contributed by atoms with Gasteiger partial charge in [-0.25, -0.2) is 0 Å². The molecule has 0 spiro atoms. The van der Waals surface area contributed by atoms with Gasteiger partial charge in [0, 0.05) is 12.1 Å². The summed E-state index contributed by atoms with van der Waals surface area (Å²) in [7, 11) is 3.08. The highest BCUT2D eigenvalue weighted by Gasteiger charge is 2.24. The first-order valence-electron chi connectivity index (χ1n) is 6.24. The van der Waals surface area contributed by atoms with Crippen LogP contribution in [0.15, 0.2) is 18.2 Å². The molecule has 1 rings (SSSR count). The quantitative estimate of drug-likeness (QED) is 0.819. The summed E-state index contributed by atoms with van der Waals surface area (Å²) in [6.45, 7) is 4.27. The van der Waals surface area contributed by atoms with E-state index >= 15 is 0 Å². The predicted octanol–water partition coefficient (Wildman–Crippen LogP) is 1.56. The molecule has 1 aromatic carbocycles. The molecule has 1 atom stereocenters. The minimum absolute atomic E-state index is 0.217. The van der Waals surface area contributed by atoms with E-state index in [2.05, 4.69) is 5.32 Å². The number of hydrogen-bond acceptors (Lipinski definition) is 4. The van der Waals surface area contributed by atoms with Gasteiger partial charge in [0.25, 0.3) is 5.91 Å². The Bertz CT molecular complexity index is 442. The lowest BCUT2D eigenvalue weighted by molar-refractivity contribution is 0.0903. The Morgan fingerprint density at radius 2 is 2.05 bits per heavy atom. The highest BCUT2D eigenvalue weighted by Crippen LogP contribution is 2.24. The molecule has 1 unspecified atom stereocenters. The monoisotopic (exact) mass is 266 g/mol. The van der Waals surface area contributed by atoms with Gasteiger partial charge in [-0.3, -0.25) is 4.79 Å². The number of amides is 1. The van der Waals surface area contributed by atoms with Gasteiger partial charge in [0.2, 0.25) is 0 Å². The average molecular weight is 266 g/mol. The summed E-state index contributed by atoms with van der Waals surface area (Å²) < 4.78 is 10.3. The Hall–Kier alpha value is -1.75. The number of ether oxygens (including phenoxy) is 2. The molecular weight excluding hydrogens is 244 g/mol. The van der Waals surface area contributed by atoms with Crippen LogP contribution in [0.4, 0.5) is 0 Å². The maximum Gasteiger partial charge on any atom is 0.255 e. The average Bonchev–Trinajstić information content (AvgIpc) is 2.46. The molecule has 0 heterocycles. The van der Waals surface area contributed by atoms with Gasteiger partial charge in [-0.15, -0.1) is 0 Å². The van der Waals surface area contributed by atoms with Crippen LogP contribution in [0.1, 0.15) is 30.6 Å². The molecule has 0 bridgehead atoms. The summed E-state index contributed by atoms with van der Waals surface area (Å²) in [5.41, 5.74) is 5.71. The van der Waals surface area contributed by atoms with Crippen LogP contribution in [0.5, 0.6) is 11.5 Å². The van der Waals surface area contributed by atoms with E-state index in [0.717, 1.165) is 6.42 Å². The molecule has 0 fully saturated rings. The van der Waals surface area contributed by atoms with Crippen molar-refractivity contribution in [3.05, 3.63) is 23.8 Å². The van der Waals surface area contributed by atoms with Crippen molar-refractivity contribution in [3.8, 4) is 11.5 Å². The normalized spacial score (nSPS) is 13.5. The van der Waals surface area contributed by atoms with Crippen LogP contribution in [-0.2, 0) is 0 Å². The van der Waals surface area contributed by atoms with Crippen molar-refractivity contribution in [2.45, 2.75) is 25.8 Å². The summed E-state index contributed by atoms with van der Waals surface area (Å²) in [5, 5.41) is 2.94. The zero-order valence-corrected chi connectivity index (χ0v) is 11.9. The Labute approximate surface area is 114 Å². The molecule has 1 aromatic rings. The van der Waals surface area contributed by atoms with Crippen molar-refractivity contribution in [2.24, 2.45) is 5.73 Å². The van der Waals surface area contributed by atoms with E-state index in [1.807, 2.05) is 13.8 Å². The topological polar surface area (TPSA) is 73.6 Å². The summed E-state index contributed by atoms with van der Waals surface area (Å²) in [6.07, 6.45) is 0.752. The minimum atomic E-state index is -0.425. The second-order valence-electron chi connectivity index (χ2n) is 4.64. The van der Waals surface area contributed by atoms with Crippen molar-refractivity contribution in [3.63, 3.8) is 0 Å². The Kier molecular flexibility index (Phi) is 5.18. The first kappa shape index (κ1) is 15.3. The maximum atomic E-state index is 12.3. The summed E-state index contributed by atoms with van der Waals surface area (Å²) in [5.74, 6) is 0.899. The van der Waals surface area contributed by atoms with Gasteiger partial charge in [-0.1, -0.05) is 6.92 Å². The first-order chi connectivity index (χ1) is 8.99. The fraction of sp³-hybridized carbons (Fsp3) is 0.500. The minimum Gasteiger partial charge on any atom is -0.497 e. The van der Waals surface area contributed by atoms with E-state index < -0.39 is 5.54 Å². The van der Waals surface area contributed by atoms with Crippen LogP contribution < -0.4 is 20.5 Å². The molecular formula is C14H22N2O3. The molecule has 0 saturated carbocycles. The van der Waals surface area contributed by atoms with Gasteiger partial charge in [-0.05, 0) is 31.5 Å². The lowest BCUT2D eigenvalue weighted by Crippen LogP contribution is -2.50. The van der Waals surface area contributed by atoms with Crippen molar-refractivity contribution < 1.29 is 14.3 Å².